The first-order chi connectivity index (χ1) is 7.29. The second kappa shape index (κ2) is 5.68. The van der Waals surface area contributed by atoms with Crippen LogP contribution < -0.4 is 5.32 Å². The first-order valence-corrected chi connectivity index (χ1v) is 5.02. The third-order valence-electron chi connectivity index (χ3n) is 2.37. The fraction of sp³-hybridized carbons (Fsp3) is 0.250. The van der Waals surface area contributed by atoms with E-state index in [1.54, 1.807) is 0 Å². The van der Waals surface area contributed by atoms with Gasteiger partial charge in [0.2, 0.25) is 0 Å². The Morgan fingerprint density at radius 1 is 1.19 bits per heavy atom. The number of hydrogen-bond acceptors (Lipinski definition) is 2. The van der Waals surface area contributed by atoms with Gasteiger partial charge < -0.3 is 5.32 Å². The van der Waals surface area contributed by atoms with E-state index in [9.17, 15) is 0 Å². The second-order valence-electron chi connectivity index (χ2n) is 3.63. The van der Waals surface area contributed by atoms with Crippen molar-refractivity contribution >= 4 is 12.4 Å². The molecule has 0 radical (unpaired) electrons. The van der Waals surface area contributed by atoms with E-state index < -0.39 is 0 Å². The number of rotatable bonds is 3. The number of hydrogen-bond donors (Lipinski definition) is 1. The fourth-order valence-electron chi connectivity index (χ4n) is 1.59. The van der Waals surface area contributed by atoms with Crippen molar-refractivity contribution in [2.45, 2.75) is 6.54 Å². The number of aryl methyl sites for hydroxylation is 1. The van der Waals surface area contributed by atoms with Crippen molar-refractivity contribution in [3.05, 3.63) is 42.2 Å². The molecule has 0 unspecified atom stereocenters. The van der Waals surface area contributed by atoms with Crippen LogP contribution in [0.2, 0.25) is 0 Å². The van der Waals surface area contributed by atoms with Crippen molar-refractivity contribution in [3.8, 4) is 11.1 Å². The van der Waals surface area contributed by atoms with Crippen LogP contribution in [0.1, 0.15) is 5.56 Å². The molecule has 0 bridgehead atoms. The third-order valence-corrected chi connectivity index (χ3v) is 2.37. The number of aromatic nitrogens is 2. The standard InChI is InChI=1S/C12H15N3.ClH/c1-13-7-10-3-5-11(6-4-10)12-8-14-15(2)9-12;/h3-6,8-9,13H,7H2,1-2H3;1H. The zero-order valence-corrected chi connectivity index (χ0v) is 10.3. The zero-order valence-electron chi connectivity index (χ0n) is 9.47. The van der Waals surface area contributed by atoms with Gasteiger partial charge >= 0.3 is 0 Å². The summed E-state index contributed by atoms with van der Waals surface area (Å²) in [5, 5.41) is 7.29. The number of nitrogens with zero attached hydrogens (tertiary/aromatic N) is 2. The molecular formula is C12H16ClN3. The summed E-state index contributed by atoms with van der Waals surface area (Å²) in [5.41, 5.74) is 3.67. The molecule has 0 spiro atoms. The summed E-state index contributed by atoms with van der Waals surface area (Å²) >= 11 is 0. The molecule has 2 aromatic rings. The van der Waals surface area contributed by atoms with Gasteiger partial charge in [-0.3, -0.25) is 4.68 Å². The van der Waals surface area contributed by atoms with E-state index in [0.717, 1.165) is 12.1 Å². The topological polar surface area (TPSA) is 29.9 Å². The number of nitrogens with one attached hydrogen (secondary N) is 1. The van der Waals surface area contributed by atoms with Crippen molar-refractivity contribution in [2.24, 2.45) is 7.05 Å². The van der Waals surface area contributed by atoms with E-state index in [0.29, 0.717) is 0 Å². The van der Waals surface area contributed by atoms with Gasteiger partial charge in [0, 0.05) is 25.4 Å². The molecule has 1 aromatic heterocycles. The summed E-state index contributed by atoms with van der Waals surface area (Å²) in [6.45, 7) is 0.910. The highest BCUT2D eigenvalue weighted by Crippen LogP contribution is 2.18. The van der Waals surface area contributed by atoms with Crippen LogP contribution >= 0.6 is 12.4 Å². The van der Waals surface area contributed by atoms with Gasteiger partial charge in [-0.15, -0.1) is 12.4 Å². The second-order valence-corrected chi connectivity index (χ2v) is 3.63. The average Bonchev–Trinajstić information content (AvgIpc) is 2.67. The van der Waals surface area contributed by atoms with Gasteiger partial charge in [0.15, 0.2) is 0 Å². The summed E-state index contributed by atoms with van der Waals surface area (Å²) < 4.78 is 1.82. The number of halogens is 1. The predicted octanol–water partition coefficient (Wildman–Crippen LogP) is 2.23. The zero-order chi connectivity index (χ0) is 10.7. The molecule has 0 saturated carbocycles. The smallest absolute Gasteiger partial charge is 0.0568 e. The van der Waals surface area contributed by atoms with E-state index >= 15 is 0 Å². The molecule has 0 atom stereocenters. The molecule has 1 N–H and O–H groups in total. The highest BCUT2D eigenvalue weighted by molar-refractivity contribution is 5.85. The summed E-state index contributed by atoms with van der Waals surface area (Å²) in [4.78, 5) is 0. The maximum Gasteiger partial charge on any atom is 0.0568 e. The molecule has 1 aromatic carbocycles. The van der Waals surface area contributed by atoms with Crippen LogP contribution in [0.4, 0.5) is 0 Å². The van der Waals surface area contributed by atoms with Crippen LogP contribution in [0.5, 0.6) is 0 Å². The molecular weight excluding hydrogens is 222 g/mol. The quantitative estimate of drug-likeness (QED) is 0.887. The fourth-order valence-corrected chi connectivity index (χ4v) is 1.59. The molecule has 3 nitrogen and oxygen atoms in total. The Morgan fingerprint density at radius 3 is 2.38 bits per heavy atom. The first-order valence-electron chi connectivity index (χ1n) is 5.02. The molecule has 4 heteroatoms. The average molecular weight is 238 g/mol. The number of benzene rings is 1. The maximum atomic E-state index is 4.16. The lowest BCUT2D eigenvalue weighted by Crippen LogP contribution is -2.04. The van der Waals surface area contributed by atoms with Crippen LogP contribution in [0.3, 0.4) is 0 Å². The van der Waals surface area contributed by atoms with Crippen molar-refractivity contribution < 1.29 is 0 Å². The lowest BCUT2D eigenvalue weighted by atomic mass is 10.1. The summed E-state index contributed by atoms with van der Waals surface area (Å²) in [7, 11) is 3.88. The van der Waals surface area contributed by atoms with Crippen molar-refractivity contribution in [3.63, 3.8) is 0 Å². The van der Waals surface area contributed by atoms with Crippen molar-refractivity contribution in [1.82, 2.24) is 15.1 Å². The Kier molecular flexibility index (Phi) is 4.52. The molecule has 0 fully saturated rings. The molecule has 2 rings (SSSR count). The van der Waals surface area contributed by atoms with Crippen LogP contribution in [0.15, 0.2) is 36.7 Å². The highest BCUT2D eigenvalue weighted by Gasteiger charge is 1.99. The Labute approximate surface area is 102 Å². The Hall–Kier alpha value is -1.32. The molecule has 86 valence electrons. The summed E-state index contributed by atoms with van der Waals surface area (Å²) in [5.74, 6) is 0. The monoisotopic (exact) mass is 237 g/mol. The normalized spacial score (nSPS) is 9.88. The van der Waals surface area contributed by atoms with Crippen LogP contribution in [-0.4, -0.2) is 16.8 Å². The molecule has 0 aliphatic heterocycles. The van der Waals surface area contributed by atoms with Gasteiger partial charge in [0.25, 0.3) is 0 Å². The van der Waals surface area contributed by atoms with Crippen LogP contribution in [0, 0.1) is 0 Å². The van der Waals surface area contributed by atoms with Crippen LogP contribution in [0.25, 0.3) is 11.1 Å². The van der Waals surface area contributed by atoms with Crippen molar-refractivity contribution in [1.29, 1.82) is 0 Å². The Balaban J connectivity index is 0.00000128. The van der Waals surface area contributed by atoms with Gasteiger partial charge in [0.05, 0.1) is 6.20 Å². The largest absolute Gasteiger partial charge is 0.316 e. The lowest BCUT2D eigenvalue weighted by Gasteiger charge is -2.01. The third kappa shape index (κ3) is 2.84. The molecule has 0 aliphatic rings. The van der Waals surface area contributed by atoms with E-state index in [1.807, 2.05) is 31.2 Å². The molecule has 0 amide bonds. The van der Waals surface area contributed by atoms with Crippen molar-refractivity contribution in [2.75, 3.05) is 7.05 Å². The Morgan fingerprint density at radius 2 is 1.88 bits per heavy atom. The highest BCUT2D eigenvalue weighted by atomic mass is 35.5. The van der Waals surface area contributed by atoms with E-state index in [-0.39, 0.29) is 12.4 Å². The lowest BCUT2D eigenvalue weighted by molar-refractivity contribution is 0.768. The van der Waals surface area contributed by atoms with Gasteiger partial charge in [0.1, 0.15) is 0 Å². The van der Waals surface area contributed by atoms with E-state index in [4.69, 9.17) is 0 Å². The van der Waals surface area contributed by atoms with E-state index in [1.165, 1.54) is 11.1 Å². The molecule has 0 saturated heterocycles. The Bertz CT molecular complexity index is 434. The first kappa shape index (κ1) is 12.7. The predicted molar refractivity (Wildman–Crippen MR) is 68.7 cm³/mol. The molecule has 16 heavy (non-hydrogen) atoms. The van der Waals surface area contributed by atoms with Crippen LogP contribution in [-0.2, 0) is 13.6 Å². The van der Waals surface area contributed by atoms with E-state index in [2.05, 4.69) is 34.7 Å². The van der Waals surface area contributed by atoms with Gasteiger partial charge in [-0.2, -0.15) is 5.10 Å². The SMILES string of the molecule is CNCc1ccc(-c2cnn(C)c2)cc1.Cl. The molecule has 0 aliphatic carbocycles. The van der Waals surface area contributed by atoms with Gasteiger partial charge in [-0.1, -0.05) is 24.3 Å². The minimum Gasteiger partial charge on any atom is -0.316 e. The minimum absolute atomic E-state index is 0. The summed E-state index contributed by atoms with van der Waals surface area (Å²) in [6, 6.07) is 8.53. The minimum atomic E-state index is 0. The van der Waals surface area contributed by atoms with Gasteiger partial charge in [-0.05, 0) is 18.2 Å². The molecule has 1 heterocycles. The van der Waals surface area contributed by atoms with Gasteiger partial charge in [-0.25, -0.2) is 0 Å². The maximum absolute atomic E-state index is 4.16. The summed E-state index contributed by atoms with van der Waals surface area (Å²) in [6.07, 6.45) is 3.90.